The Morgan fingerprint density at radius 3 is 2.88 bits per heavy atom. The number of aromatic nitrogens is 1. The van der Waals surface area contributed by atoms with E-state index in [1.165, 1.54) is 29.9 Å². The molecule has 1 aliphatic carbocycles. The standard InChI is InChI=1S/C21H19FN4O5S/c1-26-10-18-20(19(26)21(28)24-14-5-6-15(22)13(8-14)9-23)31-11-16(25-32(18,29)30)17(27)7-4-12-2-3-12/h5-6,8,10,12,16-17,25,27H,2-3,11H2,1H3,(H,24,28). The molecule has 166 valence electrons. The molecule has 1 aliphatic heterocycles. The highest BCUT2D eigenvalue weighted by molar-refractivity contribution is 7.89. The van der Waals surface area contributed by atoms with Crippen LogP contribution in [0.2, 0.25) is 0 Å². The Labute approximate surface area is 183 Å². The lowest BCUT2D eigenvalue weighted by Gasteiger charge is -2.17. The lowest BCUT2D eigenvalue weighted by atomic mass is 10.2. The molecule has 3 N–H and O–H groups in total. The minimum absolute atomic E-state index is 0.0904. The zero-order chi connectivity index (χ0) is 23.0. The van der Waals surface area contributed by atoms with Crippen molar-refractivity contribution in [3.63, 3.8) is 0 Å². The van der Waals surface area contributed by atoms with E-state index in [1.54, 1.807) is 6.07 Å². The molecule has 2 aromatic rings. The first-order valence-corrected chi connectivity index (χ1v) is 11.2. The van der Waals surface area contributed by atoms with Gasteiger partial charge in [0.05, 0.1) is 11.6 Å². The Bertz CT molecular complexity index is 1300. The quantitative estimate of drug-likeness (QED) is 0.590. The van der Waals surface area contributed by atoms with Crippen molar-refractivity contribution < 1.29 is 27.4 Å². The van der Waals surface area contributed by atoms with Crippen LogP contribution in [0.3, 0.4) is 0 Å². The highest BCUT2D eigenvalue weighted by atomic mass is 32.2. The maximum absolute atomic E-state index is 13.5. The van der Waals surface area contributed by atoms with Crippen LogP contribution in [-0.4, -0.2) is 42.8 Å². The smallest absolute Gasteiger partial charge is 0.276 e. The van der Waals surface area contributed by atoms with Crippen LogP contribution >= 0.6 is 0 Å². The highest BCUT2D eigenvalue weighted by Gasteiger charge is 2.36. The van der Waals surface area contributed by atoms with Crippen LogP contribution in [0.25, 0.3) is 0 Å². The van der Waals surface area contributed by atoms with E-state index >= 15 is 0 Å². The number of ether oxygens (including phenoxy) is 1. The number of hydrogen-bond donors (Lipinski definition) is 3. The van der Waals surface area contributed by atoms with E-state index in [2.05, 4.69) is 21.9 Å². The first-order chi connectivity index (χ1) is 15.2. The third-order valence-corrected chi connectivity index (χ3v) is 6.54. The minimum atomic E-state index is -4.12. The summed E-state index contributed by atoms with van der Waals surface area (Å²) in [4.78, 5) is 12.6. The Morgan fingerprint density at radius 2 is 2.19 bits per heavy atom. The summed E-state index contributed by atoms with van der Waals surface area (Å²) in [6.07, 6.45) is 1.87. The number of sulfonamides is 1. The fourth-order valence-corrected chi connectivity index (χ4v) is 4.63. The maximum atomic E-state index is 13.5. The second-order valence-electron chi connectivity index (χ2n) is 7.59. The van der Waals surface area contributed by atoms with Gasteiger partial charge in [0.25, 0.3) is 5.91 Å². The summed E-state index contributed by atoms with van der Waals surface area (Å²) in [7, 11) is -2.64. The van der Waals surface area contributed by atoms with Crippen molar-refractivity contribution in [3.8, 4) is 23.7 Å². The largest absolute Gasteiger partial charge is 0.488 e. The number of aliphatic hydroxyl groups is 1. The number of nitrogens with one attached hydrogen (secondary N) is 2. The average molecular weight is 458 g/mol. The summed E-state index contributed by atoms with van der Waals surface area (Å²) in [6, 6.07) is 4.15. The summed E-state index contributed by atoms with van der Waals surface area (Å²) in [5.74, 6) is 4.15. The molecule has 0 saturated heterocycles. The van der Waals surface area contributed by atoms with Gasteiger partial charge in [0, 0.05) is 24.8 Å². The lowest BCUT2D eigenvalue weighted by molar-refractivity contribution is 0.101. The zero-order valence-electron chi connectivity index (χ0n) is 16.9. The molecule has 1 aromatic heterocycles. The number of rotatable bonds is 3. The fourth-order valence-electron chi connectivity index (χ4n) is 3.21. The molecule has 1 amide bonds. The summed E-state index contributed by atoms with van der Waals surface area (Å²) in [5, 5.41) is 21.8. The number of fused-ring (bicyclic) bond motifs is 1. The molecule has 9 nitrogen and oxygen atoms in total. The van der Waals surface area contributed by atoms with Gasteiger partial charge in [-0.05, 0) is 31.0 Å². The van der Waals surface area contributed by atoms with Crippen molar-refractivity contribution in [1.82, 2.24) is 9.29 Å². The SMILES string of the molecule is Cn1cc2c(c1C(=O)Nc1ccc(F)c(C#N)c1)OCC(C(O)C#CC1CC1)NS2(=O)=O. The van der Waals surface area contributed by atoms with E-state index in [1.807, 2.05) is 0 Å². The van der Waals surface area contributed by atoms with Crippen molar-refractivity contribution in [2.75, 3.05) is 11.9 Å². The summed E-state index contributed by atoms with van der Waals surface area (Å²) < 4.78 is 48.6. The Balaban J connectivity index is 1.61. The van der Waals surface area contributed by atoms with Crippen molar-refractivity contribution in [2.45, 2.75) is 29.9 Å². The minimum Gasteiger partial charge on any atom is -0.488 e. The molecule has 0 bridgehead atoms. The normalized spacial score (nSPS) is 19.9. The molecule has 0 spiro atoms. The van der Waals surface area contributed by atoms with Gasteiger partial charge >= 0.3 is 0 Å². The molecule has 1 aromatic carbocycles. The molecular formula is C21H19FN4O5S. The maximum Gasteiger partial charge on any atom is 0.276 e. The van der Waals surface area contributed by atoms with E-state index in [-0.39, 0.29) is 40.1 Å². The molecule has 4 rings (SSSR count). The van der Waals surface area contributed by atoms with Crippen LogP contribution in [0.4, 0.5) is 10.1 Å². The fraction of sp³-hybridized carbons (Fsp3) is 0.333. The van der Waals surface area contributed by atoms with Gasteiger partial charge in [-0.2, -0.15) is 5.26 Å². The molecule has 0 radical (unpaired) electrons. The second-order valence-corrected chi connectivity index (χ2v) is 9.27. The van der Waals surface area contributed by atoms with Gasteiger partial charge in [0.15, 0.2) is 11.4 Å². The molecular weight excluding hydrogens is 439 g/mol. The molecule has 1 fully saturated rings. The van der Waals surface area contributed by atoms with E-state index in [0.717, 1.165) is 18.9 Å². The van der Waals surface area contributed by atoms with E-state index < -0.39 is 33.9 Å². The van der Waals surface area contributed by atoms with Crippen LogP contribution < -0.4 is 14.8 Å². The van der Waals surface area contributed by atoms with Crippen molar-refractivity contribution >= 4 is 21.6 Å². The molecule has 11 heteroatoms. The summed E-state index contributed by atoms with van der Waals surface area (Å²) >= 11 is 0. The molecule has 2 atom stereocenters. The third kappa shape index (κ3) is 4.32. The number of hydrogen-bond acceptors (Lipinski definition) is 6. The summed E-state index contributed by atoms with van der Waals surface area (Å²) in [6.45, 7) is -0.244. The zero-order valence-corrected chi connectivity index (χ0v) is 17.7. The van der Waals surface area contributed by atoms with Crippen molar-refractivity contribution in [2.24, 2.45) is 13.0 Å². The van der Waals surface area contributed by atoms with Gasteiger partial charge in [0.2, 0.25) is 10.0 Å². The van der Waals surface area contributed by atoms with Crippen LogP contribution in [-0.2, 0) is 17.1 Å². The van der Waals surface area contributed by atoms with E-state index in [4.69, 9.17) is 10.00 Å². The molecule has 1 saturated carbocycles. The van der Waals surface area contributed by atoms with Crippen molar-refractivity contribution in [1.29, 1.82) is 5.26 Å². The first kappa shape index (κ1) is 21.8. The molecule has 2 aliphatic rings. The second kappa shape index (κ2) is 8.28. The van der Waals surface area contributed by atoms with Gasteiger partial charge < -0.3 is 19.7 Å². The average Bonchev–Trinajstić information content (AvgIpc) is 3.52. The molecule has 2 unspecified atom stereocenters. The number of benzene rings is 1. The van der Waals surface area contributed by atoms with Crippen LogP contribution in [0.1, 0.15) is 28.9 Å². The number of aryl methyl sites for hydroxylation is 1. The number of anilines is 1. The van der Waals surface area contributed by atoms with Gasteiger partial charge in [-0.15, -0.1) is 0 Å². The number of carbonyl (C=O) groups excluding carboxylic acids is 1. The van der Waals surface area contributed by atoms with Crippen LogP contribution in [0.15, 0.2) is 29.3 Å². The Morgan fingerprint density at radius 1 is 1.44 bits per heavy atom. The highest BCUT2D eigenvalue weighted by Crippen LogP contribution is 2.33. The van der Waals surface area contributed by atoms with Crippen LogP contribution in [0, 0.1) is 34.9 Å². The number of aliphatic hydroxyl groups excluding tert-OH is 1. The predicted octanol–water partition coefficient (Wildman–Crippen LogP) is 1.10. The Hall–Kier alpha value is -3.38. The number of carbonyl (C=O) groups is 1. The van der Waals surface area contributed by atoms with Crippen LogP contribution in [0.5, 0.6) is 5.75 Å². The van der Waals surface area contributed by atoms with E-state index in [0.29, 0.717) is 0 Å². The number of nitriles is 1. The first-order valence-electron chi connectivity index (χ1n) is 9.74. The van der Waals surface area contributed by atoms with Crippen molar-refractivity contribution in [3.05, 3.63) is 41.5 Å². The van der Waals surface area contributed by atoms with E-state index in [9.17, 15) is 22.7 Å². The topological polar surface area (TPSA) is 133 Å². The monoisotopic (exact) mass is 458 g/mol. The van der Waals surface area contributed by atoms with Gasteiger partial charge in [-0.3, -0.25) is 4.79 Å². The van der Waals surface area contributed by atoms with Gasteiger partial charge in [-0.25, -0.2) is 17.5 Å². The summed E-state index contributed by atoms with van der Waals surface area (Å²) in [5.41, 5.74) is -0.186. The lowest BCUT2D eigenvalue weighted by Crippen LogP contribution is -2.45. The predicted molar refractivity (Wildman–Crippen MR) is 111 cm³/mol. The van der Waals surface area contributed by atoms with Gasteiger partial charge in [0.1, 0.15) is 29.5 Å². The third-order valence-electron chi connectivity index (χ3n) is 5.06. The number of amides is 1. The molecule has 32 heavy (non-hydrogen) atoms. The Kier molecular flexibility index (Phi) is 5.65. The number of nitrogens with zero attached hydrogens (tertiary/aromatic N) is 2. The molecule has 2 heterocycles. The number of halogens is 1. The van der Waals surface area contributed by atoms with Gasteiger partial charge in [-0.1, -0.05) is 11.8 Å².